The smallest absolute Gasteiger partial charge is 0.271 e. The maximum atomic E-state index is 11.1. The van der Waals surface area contributed by atoms with Gasteiger partial charge in [-0.25, -0.2) is 0 Å². The minimum Gasteiger partial charge on any atom is -0.410 e. The minimum atomic E-state index is -0.299. The number of nitrogens with zero attached hydrogens (tertiary/aromatic N) is 2. The van der Waals surface area contributed by atoms with Crippen molar-refractivity contribution in [2.24, 2.45) is 5.16 Å². The minimum absolute atomic E-state index is 0.0781. The second kappa shape index (κ2) is 4.49. The Morgan fingerprint density at radius 2 is 2.36 bits per heavy atom. The van der Waals surface area contributed by atoms with Gasteiger partial charge in [0.15, 0.2) is 0 Å². The molecule has 4 nitrogen and oxygen atoms in total. The van der Waals surface area contributed by atoms with Crippen LogP contribution in [0.3, 0.4) is 0 Å². The summed E-state index contributed by atoms with van der Waals surface area (Å²) in [5.74, 6) is -0.299. The standard InChI is InChI=1S/C7H12N2O2/c1-4-5-9(3)7(10)6(2)8-11/h4,11H,1,5H2,2-3H3/b8-6+. The Hall–Kier alpha value is -1.32. The van der Waals surface area contributed by atoms with Gasteiger partial charge in [0.1, 0.15) is 5.71 Å². The monoisotopic (exact) mass is 156 g/mol. The normalized spacial score (nSPS) is 10.9. The topological polar surface area (TPSA) is 52.9 Å². The van der Waals surface area contributed by atoms with E-state index >= 15 is 0 Å². The van der Waals surface area contributed by atoms with E-state index < -0.39 is 0 Å². The lowest BCUT2D eigenvalue weighted by atomic mass is 10.3. The molecule has 0 atom stereocenters. The van der Waals surface area contributed by atoms with Crippen molar-refractivity contribution in [1.82, 2.24) is 4.90 Å². The summed E-state index contributed by atoms with van der Waals surface area (Å²) in [4.78, 5) is 12.5. The van der Waals surface area contributed by atoms with Crippen molar-refractivity contribution < 1.29 is 10.0 Å². The molecule has 4 heteroatoms. The first-order chi connectivity index (χ1) is 5.13. The van der Waals surface area contributed by atoms with Crippen molar-refractivity contribution in [2.45, 2.75) is 6.92 Å². The Bertz CT molecular complexity index is 187. The van der Waals surface area contributed by atoms with Gasteiger partial charge in [-0.15, -0.1) is 6.58 Å². The molecule has 0 aliphatic rings. The summed E-state index contributed by atoms with van der Waals surface area (Å²) >= 11 is 0. The van der Waals surface area contributed by atoms with Crippen LogP contribution in [0.1, 0.15) is 6.92 Å². The molecule has 0 rings (SSSR count). The van der Waals surface area contributed by atoms with Crippen molar-refractivity contribution in [3.63, 3.8) is 0 Å². The van der Waals surface area contributed by atoms with Crippen LogP contribution >= 0.6 is 0 Å². The average Bonchev–Trinajstić information content (AvgIpc) is 2.02. The predicted molar refractivity (Wildman–Crippen MR) is 42.7 cm³/mol. The number of hydrogen-bond donors (Lipinski definition) is 1. The molecular weight excluding hydrogens is 144 g/mol. The molecule has 0 aliphatic carbocycles. The van der Waals surface area contributed by atoms with Crippen LogP contribution in [0, 0.1) is 0 Å². The predicted octanol–water partition coefficient (Wildman–Crippen LogP) is 0.481. The van der Waals surface area contributed by atoms with Gasteiger partial charge < -0.3 is 10.1 Å². The lowest BCUT2D eigenvalue weighted by Crippen LogP contribution is -2.31. The molecule has 0 unspecified atom stereocenters. The van der Waals surface area contributed by atoms with E-state index in [2.05, 4.69) is 11.7 Å². The molecule has 0 aromatic rings. The van der Waals surface area contributed by atoms with Crippen LogP contribution in [0.2, 0.25) is 0 Å². The summed E-state index contributed by atoms with van der Waals surface area (Å²) < 4.78 is 0. The van der Waals surface area contributed by atoms with Gasteiger partial charge in [0, 0.05) is 13.6 Å². The summed E-state index contributed by atoms with van der Waals surface area (Å²) in [6.45, 7) is 5.37. The third-order valence-corrected chi connectivity index (χ3v) is 1.21. The Labute approximate surface area is 65.8 Å². The highest BCUT2D eigenvalue weighted by molar-refractivity contribution is 6.37. The fourth-order valence-electron chi connectivity index (χ4n) is 0.596. The summed E-state index contributed by atoms with van der Waals surface area (Å²) in [5.41, 5.74) is 0.0781. The Morgan fingerprint density at radius 1 is 1.82 bits per heavy atom. The third-order valence-electron chi connectivity index (χ3n) is 1.21. The number of rotatable bonds is 3. The van der Waals surface area contributed by atoms with Crippen LogP contribution in [0.4, 0.5) is 0 Å². The van der Waals surface area contributed by atoms with Gasteiger partial charge in [-0.2, -0.15) is 0 Å². The van der Waals surface area contributed by atoms with Crippen molar-refractivity contribution in [3.05, 3.63) is 12.7 Å². The van der Waals surface area contributed by atoms with Crippen molar-refractivity contribution in [2.75, 3.05) is 13.6 Å². The second-order valence-corrected chi connectivity index (χ2v) is 2.16. The van der Waals surface area contributed by atoms with Gasteiger partial charge in [-0.1, -0.05) is 11.2 Å². The first-order valence-corrected chi connectivity index (χ1v) is 3.18. The molecule has 0 aromatic carbocycles. The van der Waals surface area contributed by atoms with Crippen LogP contribution in [0.25, 0.3) is 0 Å². The first-order valence-electron chi connectivity index (χ1n) is 3.18. The highest BCUT2D eigenvalue weighted by atomic mass is 16.4. The molecule has 0 aromatic heterocycles. The van der Waals surface area contributed by atoms with E-state index in [1.54, 1.807) is 13.1 Å². The molecule has 0 spiro atoms. The Balaban J connectivity index is 4.13. The molecular formula is C7H12N2O2. The largest absolute Gasteiger partial charge is 0.410 e. The number of likely N-dealkylation sites (N-methyl/N-ethyl adjacent to an activating group) is 1. The van der Waals surface area contributed by atoms with E-state index in [1.807, 2.05) is 0 Å². The molecule has 62 valence electrons. The molecule has 0 heterocycles. The second-order valence-electron chi connectivity index (χ2n) is 2.16. The molecule has 0 aliphatic heterocycles. The van der Waals surface area contributed by atoms with Crippen LogP contribution in [0.5, 0.6) is 0 Å². The van der Waals surface area contributed by atoms with E-state index in [9.17, 15) is 4.79 Å². The number of carbonyl (C=O) groups excluding carboxylic acids is 1. The van der Waals surface area contributed by atoms with E-state index in [0.717, 1.165) is 0 Å². The van der Waals surface area contributed by atoms with Crippen LogP contribution in [0.15, 0.2) is 17.8 Å². The number of oxime groups is 1. The maximum Gasteiger partial charge on any atom is 0.271 e. The van der Waals surface area contributed by atoms with E-state index in [1.165, 1.54) is 11.8 Å². The highest BCUT2D eigenvalue weighted by Gasteiger charge is 2.10. The van der Waals surface area contributed by atoms with Gasteiger partial charge in [0.2, 0.25) is 0 Å². The van der Waals surface area contributed by atoms with Gasteiger partial charge in [-0.3, -0.25) is 4.79 Å². The fourth-order valence-corrected chi connectivity index (χ4v) is 0.596. The summed E-state index contributed by atoms with van der Waals surface area (Å²) in [5, 5.41) is 11.0. The zero-order valence-corrected chi connectivity index (χ0v) is 6.74. The lowest BCUT2D eigenvalue weighted by molar-refractivity contribution is -0.122. The van der Waals surface area contributed by atoms with Crippen molar-refractivity contribution in [1.29, 1.82) is 0 Å². The molecule has 0 saturated carbocycles. The molecule has 1 amide bonds. The molecule has 11 heavy (non-hydrogen) atoms. The highest BCUT2D eigenvalue weighted by Crippen LogP contribution is 1.87. The lowest BCUT2D eigenvalue weighted by Gasteiger charge is -2.12. The third kappa shape index (κ3) is 2.84. The summed E-state index contributed by atoms with van der Waals surface area (Å²) in [7, 11) is 1.61. The zero-order valence-electron chi connectivity index (χ0n) is 6.74. The summed E-state index contributed by atoms with van der Waals surface area (Å²) in [6.07, 6.45) is 1.60. The quantitative estimate of drug-likeness (QED) is 0.279. The molecule has 0 fully saturated rings. The first kappa shape index (κ1) is 9.68. The fraction of sp³-hybridized carbons (Fsp3) is 0.429. The molecule has 1 N–H and O–H groups in total. The summed E-state index contributed by atoms with van der Waals surface area (Å²) in [6, 6.07) is 0. The van der Waals surface area contributed by atoms with E-state index in [0.29, 0.717) is 6.54 Å². The van der Waals surface area contributed by atoms with Crippen LogP contribution < -0.4 is 0 Å². The Morgan fingerprint density at radius 3 is 2.73 bits per heavy atom. The maximum absolute atomic E-state index is 11.1. The number of carbonyl (C=O) groups is 1. The van der Waals surface area contributed by atoms with Crippen molar-refractivity contribution >= 4 is 11.6 Å². The van der Waals surface area contributed by atoms with Crippen LogP contribution in [-0.4, -0.2) is 35.3 Å². The van der Waals surface area contributed by atoms with E-state index in [-0.39, 0.29) is 11.6 Å². The Kier molecular flexibility index (Phi) is 3.95. The van der Waals surface area contributed by atoms with Gasteiger partial charge in [-0.05, 0) is 6.92 Å². The average molecular weight is 156 g/mol. The zero-order chi connectivity index (χ0) is 8.85. The van der Waals surface area contributed by atoms with Crippen molar-refractivity contribution in [3.8, 4) is 0 Å². The van der Waals surface area contributed by atoms with E-state index in [4.69, 9.17) is 5.21 Å². The SMILES string of the molecule is C=CCN(C)C(=O)/C(C)=N/O. The van der Waals surface area contributed by atoms with Gasteiger partial charge in [0.25, 0.3) is 5.91 Å². The van der Waals surface area contributed by atoms with Crippen LogP contribution in [-0.2, 0) is 4.79 Å². The van der Waals surface area contributed by atoms with Gasteiger partial charge in [0.05, 0.1) is 0 Å². The number of hydrogen-bond acceptors (Lipinski definition) is 3. The van der Waals surface area contributed by atoms with Gasteiger partial charge >= 0.3 is 0 Å². The molecule has 0 saturated heterocycles. The number of amides is 1. The molecule has 0 bridgehead atoms. The molecule has 0 radical (unpaired) electrons.